The highest BCUT2D eigenvalue weighted by Gasteiger charge is 2.47. The fourth-order valence-electron chi connectivity index (χ4n) is 4.18. The molecule has 1 saturated carbocycles. The molecule has 5 nitrogen and oxygen atoms in total. The Morgan fingerprint density at radius 2 is 1.59 bits per heavy atom. The van der Waals surface area contributed by atoms with E-state index in [2.05, 4.69) is 13.8 Å². The standard InChI is InChI=1S/C22H38F2N2O3/c1-20(2,3)29-19(28)25-13-10-16(14-25)26(18(27)22(6,7)17(23)24)15-8-11-21(4,5)12-9-15/h15-17H,8-14H2,1-7H3/t16-/m0/s1. The second-order valence-electron chi connectivity index (χ2n) is 11.0. The van der Waals surface area contributed by atoms with Gasteiger partial charge >= 0.3 is 6.09 Å². The third-order valence-electron chi connectivity index (χ3n) is 6.24. The van der Waals surface area contributed by atoms with E-state index < -0.39 is 29.4 Å². The average molecular weight is 417 g/mol. The van der Waals surface area contributed by atoms with Crippen molar-refractivity contribution in [1.82, 2.24) is 9.80 Å². The summed E-state index contributed by atoms with van der Waals surface area (Å²) < 4.78 is 32.8. The van der Waals surface area contributed by atoms with Crippen molar-refractivity contribution in [2.75, 3.05) is 13.1 Å². The first-order chi connectivity index (χ1) is 13.1. The summed E-state index contributed by atoms with van der Waals surface area (Å²) in [6.07, 6.45) is 0.968. The monoisotopic (exact) mass is 416 g/mol. The van der Waals surface area contributed by atoms with Gasteiger partial charge < -0.3 is 14.5 Å². The van der Waals surface area contributed by atoms with Gasteiger partial charge in [-0.3, -0.25) is 4.79 Å². The Morgan fingerprint density at radius 3 is 2.07 bits per heavy atom. The zero-order chi connectivity index (χ0) is 22.2. The quantitative estimate of drug-likeness (QED) is 0.642. The van der Waals surface area contributed by atoms with Crippen LogP contribution < -0.4 is 0 Å². The largest absolute Gasteiger partial charge is 0.444 e. The van der Waals surface area contributed by atoms with Crippen LogP contribution in [0.4, 0.5) is 13.6 Å². The number of rotatable bonds is 4. The van der Waals surface area contributed by atoms with Crippen LogP contribution in [0.1, 0.15) is 80.6 Å². The van der Waals surface area contributed by atoms with Crippen molar-refractivity contribution in [2.45, 2.75) is 105 Å². The maximum Gasteiger partial charge on any atom is 0.410 e. The minimum Gasteiger partial charge on any atom is -0.444 e. The van der Waals surface area contributed by atoms with Crippen LogP contribution in [-0.2, 0) is 9.53 Å². The van der Waals surface area contributed by atoms with Crippen LogP contribution in [0, 0.1) is 10.8 Å². The summed E-state index contributed by atoms with van der Waals surface area (Å²) in [6.45, 7) is 13.3. The summed E-state index contributed by atoms with van der Waals surface area (Å²) in [7, 11) is 0. The van der Waals surface area contributed by atoms with E-state index in [0.29, 0.717) is 19.5 Å². The molecule has 7 heteroatoms. The van der Waals surface area contributed by atoms with Crippen molar-refractivity contribution < 1.29 is 23.1 Å². The van der Waals surface area contributed by atoms with Crippen LogP contribution in [0.25, 0.3) is 0 Å². The number of carbonyl (C=O) groups is 2. The summed E-state index contributed by atoms with van der Waals surface area (Å²) >= 11 is 0. The van der Waals surface area contributed by atoms with Crippen molar-refractivity contribution in [3.8, 4) is 0 Å². The van der Waals surface area contributed by atoms with Gasteiger partial charge in [0.05, 0.1) is 6.04 Å². The lowest BCUT2D eigenvalue weighted by atomic mass is 9.74. The topological polar surface area (TPSA) is 49.9 Å². The van der Waals surface area contributed by atoms with Crippen molar-refractivity contribution in [1.29, 1.82) is 0 Å². The summed E-state index contributed by atoms with van der Waals surface area (Å²) in [5.41, 5.74) is -2.13. The molecular weight excluding hydrogens is 378 g/mol. The number of nitrogens with zero attached hydrogens (tertiary/aromatic N) is 2. The molecule has 0 aromatic rings. The summed E-state index contributed by atoms with van der Waals surface area (Å²) in [4.78, 5) is 29.0. The molecule has 0 aromatic carbocycles. The average Bonchev–Trinajstić information content (AvgIpc) is 3.04. The zero-order valence-corrected chi connectivity index (χ0v) is 19.1. The molecule has 29 heavy (non-hydrogen) atoms. The first kappa shape index (κ1) is 23.9. The Kier molecular flexibility index (Phi) is 6.90. The Morgan fingerprint density at radius 1 is 1.03 bits per heavy atom. The van der Waals surface area contributed by atoms with Crippen molar-refractivity contribution in [3.05, 3.63) is 0 Å². The Balaban J connectivity index is 2.20. The minimum absolute atomic E-state index is 0.0582. The maximum atomic E-state index is 13.7. The Labute approximate surface area is 174 Å². The highest BCUT2D eigenvalue weighted by atomic mass is 19.3. The highest BCUT2D eigenvalue weighted by molar-refractivity contribution is 5.83. The van der Waals surface area contributed by atoms with E-state index in [1.54, 1.807) is 9.80 Å². The number of halogens is 2. The van der Waals surface area contributed by atoms with E-state index >= 15 is 0 Å². The van der Waals surface area contributed by atoms with Gasteiger partial charge in [0.25, 0.3) is 6.43 Å². The van der Waals surface area contributed by atoms with E-state index in [1.807, 2.05) is 20.8 Å². The number of hydrogen-bond donors (Lipinski definition) is 0. The fraction of sp³-hybridized carbons (Fsp3) is 0.909. The summed E-state index contributed by atoms with van der Waals surface area (Å²) in [5.74, 6) is -0.506. The molecule has 2 aliphatic rings. The molecule has 1 atom stereocenters. The predicted octanol–water partition coefficient (Wildman–Crippen LogP) is 5.08. The second kappa shape index (κ2) is 8.38. The third-order valence-corrected chi connectivity index (χ3v) is 6.24. The van der Waals surface area contributed by atoms with E-state index in [1.165, 1.54) is 13.8 Å². The molecule has 0 bridgehead atoms. The Bertz CT molecular complexity index is 604. The first-order valence-electron chi connectivity index (χ1n) is 10.7. The molecule has 168 valence electrons. The van der Waals surface area contributed by atoms with Crippen LogP contribution in [0.5, 0.6) is 0 Å². The molecule has 1 aliphatic carbocycles. The molecule has 0 aromatic heterocycles. The van der Waals surface area contributed by atoms with Crippen LogP contribution >= 0.6 is 0 Å². The summed E-state index contributed by atoms with van der Waals surface area (Å²) in [6, 6.07) is -0.309. The SMILES string of the molecule is CC1(C)CCC(N(C(=O)C(C)(C)C(F)F)[C@H]2CCN(C(=O)OC(C)(C)C)C2)CC1. The smallest absolute Gasteiger partial charge is 0.410 e. The molecule has 1 heterocycles. The highest BCUT2D eigenvalue weighted by Crippen LogP contribution is 2.40. The normalized spacial score (nSPS) is 23.4. The fourth-order valence-corrected chi connectivity index (χ4v) is 4.18. The van der Waals surface area contributed by atoms with Crippen LogP contribution in [0.2, 0.25) is 0 Å². The lowest BCUT2D eigenvalue weighted by molar-refractivity contribution is -0.155. The van der Waals surface area contributed by atoms with Gasteiger partial charge in [0.15, 0.2) is 0 Å². The van der Waals surface area contributed by atoms with Gasteiger partial charge in [-0.15, -0.1) is 0 Å². The molecule has 1 aliphatic heterocycles. The van der Waals surface area contributed by atoms with Crippen LogP contribution in [0.3, 0.4) is 0 Å². The van der Waals surface area contributed by atoms with Crippen LogP contribution in [-0.4, -0.2) is 59.0 Å². The number of carbonyl (C=O) groups excluding carboxylic acids is 2. The molecule has 0 unspecified atom stereocenters. The molecule has 0 N–H and O–H groups in total. The van der Waals surface area contributed by atoms with Gasteiger partial charge in [0.2, 0.25) is 5.91 Å². The second-order valence-corrected chi connectivity index (χ2v) is 11.0. The van der Waals surface area contributed by atoms with E-state index in [0.717, 1.165) is 25.7 Å². The van der Waals surface area contributed by atoms with Gasteiger partial charge in [0, 0.05) is 19.1 Å². The molecule has 0 spiro atoms. The lowest BCUT2D eigenvalue weighted by Crippen LogP contribution is -2.55. The van der Waals surface area contributed by atoms with Gasteiger partial charge in [0.1, 0.15) is 11.0 Å². The lowest BCUT2D eigenvalue weighted by Gasteiger charge is -2.45. The molecule has 2 amide bonds. The molecule has 2 fully saturated rings. The maximum absolute atomic E-state index is 13.7. The number of likely N-dealkylation sites (tertiary alicyclic amines) is 1. The predicted molar refractivity (Wildman–Crippen MR) is 109 cm³/mol. The van der Waals surface area contributed by atoms with Crippen molar-refractivity contribution >= 4 is 12.0 Å². The van der Waals surface area contributed by atoms with Gasteiger partial charge in [-0.25, -0.2) is 13.6 Å². The minimum atomic E-state index is -2.74. The number of alkyl halides is 2. The van der Waals surface area contributed by atoms with Crippen molar-refractivity contribution in [3.63, 3.8) is 0 Å². The number of hydrogen-bond acceptors (Lipinski definition) is 3. The van der Waals surface area contributed by atoms with E-state index in [9.17, 15) is 18.4 Å². The summed E-state index contributed by atoms with van der Waals surface area (Å²) in [5, 5.41) is 0. The molecular formula is C22H38F2N2O3. The van der Waals surface area contributed by atoms with Crippen LogP contribution in [0.15, 0.2) is 0 Å². The third kappa shape index (κ3) is 5.82. The van der Waals surface area contributed by atoms with E-state index in [4.69, 9.17) is 4.74 Å². The Hall–Kier alpha value is -1.40. The van der Waals surface area contributed by atoms with Gasteiger partial charge in [-0.1, -0.05) is 13.8 Å². The zero-order valence-electron chi connectivity index (χ0n) is 19.1. The van der Waals surface area contributed by atoms with Crippen molar-refractivity contribution in [2.24, 2.45) is 10.8 Å². The molecule has 2 rings (SSSR count). The molecule has 0 radical (unpaired) electrons. The first-order valence-corrected chi connectivity index (χ1v) is 10.7. The number of ether oxygens (including phenoxy) is 1. The van der Waals surface area contributed by atoms with Gasteiger partial charge in [-0.05, 0) is 72.1 Å². The molecule has 1 saturated heterocycles. The van der Waals surface area contributed by atoms with Gasteiger partial charge in [-0.2, -0.15) is 0 Å². The van der Waals surface area contributed by atoms with E-state index in [-0.39, 0.29) is 17.5 Å². The number of amides is 2.